The summed E-state index contributed by atoms with van der Waals surface area (Å²) in [6.07, 6.45) is 0. The first-order valence-electron chi connectivity index (χ1n) is 6.33. The zero-order valence-electron chi connectivity index (χ0n) is 11.7. The van der Waals surface area contributed by atoms with Gasteiger partial charge in [-0.3, -0.25) is 4.79 Å². The summed E-state index contributed by atoms with van der Waals surface area (Å²) in [5.41, 5.74) is 5.34. The highest BCUT2D eigenvalue weighted by atomic mass is 32.2. The third-order valence-electron chi connectivity index (χ3n) is 3.08. The fourth-order valence-corrected chi connectivity index (χ4v) is 2.71. The van der Waals surface area contributed by atoms with Crippen molar-refractivity contribution in [3.63, 3.8) is 0 Å². The highest BCUT2D eigenvalue weighted by molar-refractivity contribution is 7.91. The van der Waals surface area contributed by atoms with E-state index in [0.717, 1.165) is 6.07 Å². The van der Waals surface area contributed by atoms with Gasteiger partial charge in [-0.2, -0.15) is 8.78 Å². The van der Waals surface area contributed by atoms with E-state index in [2.05, 4.69) is 5.32 Å². The number of para-hydroxylation sites is 1. The number of carbonyl (C=O) groups is 1. The van der Waals surface area contributed by atoms with Gasteiger partial charge in [0.05, 0.1) is 16.5 Å². The molecule has 1 rings (SSSR count). The smallest absolute Gasteiger partial charge is 0.330 e. The molecule has 1 aromatic carbocycles. The predicted molar refractivity (Wildman–Crippen MR) is 75.6 cm³/mol. The Kier molecular flexibility index (Phi) is 5.79. The number of hydrogen-bond acceptors (Lipinski definition) is 4. The standard InChI is InChI=1S/C13H18F2N2O3S/c1-8(2)9(7-16)12(18)17-10-5-3-4-6-11(10)21(19,20)13(14)15/h3-6,8-9,13H,7,16H2,1-2H3,(H,17,18). The molecule has 0 spiro atoms. The van der Waals surface area contributed by atoms with Crippen LogP contribution in [0.4, 0.5) is 14.5 Å². The molecule has 0 bridgehead atoms. The number of alkyl halides is 2. The van der Waals surface area contributed by atoms with Gasteiger partial charge in [-0.15, -0.1) is 0 Å². The Morgan fingerprint density at radius 2 is 1.86 bits per heavy atom. The summed E-state index contributed by atoms with van der Waals surface area (Å²) in [5, 5.41) is 2.37. The van der Waals surface area contributed by atoms with Gasteiger partial charge in [0.25, 0.3) is 0 Å². The minimum absolute atomic E-state index is 0.0612. The van der Waals surface area contributed by atoms with Crippen LogP contribution in [0, 0.1) is 11.8 Å². The number of nitrogens with two attached hydrogens (primary N) is 1. The zero-order valence-corrected chi connectivity index (χ0v) is 12.5. The Bertz CT molecular complexity index is 603. The van der Waals surface area contributed by atoms with E-state index in [9.17, 15) is 22.0 Å². The molecule has 21 heavy (non-hydrogen) atoms. The number of nitrogens with one attached hydrogen (secondary N) is 1. The maximum atomic E-state index is 12.6. The molecule has 0 fully saturated rings. The number of benzene rings is 1. The van der Waals surface area contributed by atoms with Gasteiger partial charge < -0.3 is 11.1 Å². The van der Waals surface area contributed by atoms with E-state index < -0.39 is 32.3 Å². The highest BCUT2D eigenvalue weighted by Gasteiger charge is 2.30. The summed E-state index contributed by atoms with van der Waals surface area (Å²) in [4.78, 5) is 11.5. The quantitative estimate of drug-likeness (QED) is 0.837. The highest BCUT2D eigenvalue weighted by Crippen LogP contribution is 2.26. The topological polar surface area (TPSA) is 89.3 Å². The normalized spacial score (nSPS) is 13.5. The Hall–Kier alpha value is -1.54. The molecule has 5 nitrogen and oxygen atoms in total. The van der Waals surface area contributed by atoms with Crippen LogP contribution < -0.4 is 11.1 Å². The maximum Gasteiger partial charge on any atom is 0.341 e. The Labute approximate surface area is 122 Å². The van der Waals surface area contributed by atoms with Gasteiger partial charge >= 0.3 is 5.76 Å². The molecular formula is C13H18F2N2O3S. The lowest BCUT2D eigenvalue weighted by Crippen LogP contribution is -2.33. The number of amides is 1. The van der Waals surface area contributed by atoms with Gasteiger partial charge in [0.15, 0.2) is 0 Å². The van der Waals surface area contributed by atoms with Gasteiger partial charge in [0.1, 0.15) is 0 Å². The Balaban J connectivity index is 3.14. The van der Waals surface area contributed by atoms with Crippen molar-refractivity contribution in [2.24, 2.45) is 17.6 Å². The van der Waals surface area contributed by atoms with Gasteiger partial charge in [-0.05, 0) is 18.1 Å². The van der Waals surface area contributed by atoms with Gasteiger partial charge in [-0.1, -0.05) is 26.0 Å². The second-order valence-corrected chi connectivity index (χ2v) is 6.76. The second-order valence-electron chi connectivity index (χ2n) is 4.88. The van der Waals surface area contributed by atoms with Crippen molar-refractivity contribution >= 4 is 21.4 Å². The number of carbonyl (C=O) groups excluding carboxylic acids is 1. The molecular weight excluding hydrogens is 302 g/mol. The minimum Gasteiger partial charge on any atom is -0.330 e. The zero-order chi connectivity index (χ0) is 16.2. The molecule has 118 valence electrons. The van der Waals surface area contributed by atoms with Crippen LogP contribution in [0.25, 0.3) is 0 Å². The van der Waals surface area contributed by atoms with E-state index in [0.29, 0.717) is 0 Å². The lowest BCUT2D eigenvalue weighted by atomic mass is 9.95. The fraction of sp³-hybridized carbons (Fsp3) is 0.462. The van der Waals surface area contributed by atoms with Crippen LogP contribution in [0.2, 0.25) is 0 Å². The Morgan fingerprint density at radius 3 is 2.33 bits per heavy atom. The van der Waals surface area contributed by atoms with Crippen LogP contribution in [-0.2, 0) is 14.6 Å². The number of rotatable bonds is 6. The molecule has 0 saturated carbocycles. The minimum atomic E-state index is -4.79. The third-order valence-corrected chi connectivity index (χ3v) is 4.52. The maximum absolute atomic E-state index is 12.6. The summed E-state index contributed by atoms with van der Waals surface area (Å²) < 4.78 is 48.5. The molecule has 0 heterocycles. The first-order valence-corrected chi connectivity index (χ1v) is 7.88. The van der Waals surface area contributed by atoms with Crippen LogP contribution in [0.5, 0.6) is 0 Å². The molecule has 0 aliphatic heterocycles. The summed E-state index contributed by atoms with van der Waals surface area (Å²) >= 11 is 0. The summed E-state index contributed by atoms with van der Waals surface area (Å²) in [5.74, 6) is -4.64. The number of halogens is 2. The van der Waals surface area contributed by atoms with Crippen molar-refractivity contribution in [1.29, 1.82) is 0 Å². The largest absolute Gasteiger partial charge is 0.341 e. The van der Waals surface area contributed by atoms with E-state index >= 15 is 0 Å². The van der Waals surface area contributed by atoms with Crippen molar-refractivity contribution in [3.8, 4) is 0 Å². The van der Waals surface area contributed by atoms with Crippen molar-refractivity contribution < 1.29 is 22.0 Å². The molecule has 0 radical (unpaired) electrons. The molecule has 0 aliphatic carbocycles. The summed E-state index contributed by atoms with van der Waals surface area (Å²) in [7, 11) is -4.79. The summed E-state index contributed by atoms with van der Waals surface area (Å²) in [6, 6.07) is 5.06. The molecule has 1 atom stereocenters. The first kappa shape index (κ1) is 17.5. The van der Waals surface area contributed by atoms with Crippen LogP contribution in [0.15, 0.2) is 29.2 Å². The van der Waals surface area contributed by atoms with Gasteiger partial charge in [0.2, 0.25) is 15.7 Å². The molecule has 8 heteroatoms. The van der Waals surface area contributed by atoms with Gasteiger partial charge in [-0.25, -0.2) is 8.42 Å². The van der Waals surface area contributed by atoms with Crippen LogP contribution in [-0.4, -0.2) is 26.6 Å². The van der Waals surface area contributed by atoms with Crippen molar-refractivity contribution in [3.05, 3.63) is 24.3 Å². The average molecular weight is 320 g/mol. The fourth-order valence-electron chi connectivity index (χ4n) is 1.82. The molecule has 0 saturated heterocycles. The summed E-state index contributed by atoms with van der Waals surface area (Å²) in [6.45, 7) is 3.66. The molecule has 0 aliphatic rings. The van der Waals surface area contributed by atoms with Crippen molar-refractivity contribution in [2.45, 2.75) is 24.5 Å². The van der Waals surface area contributed by atoms with Crippen molar-refractivity contribution in [1.82, 2.24) is 0 Å². The monoisotopic (exact) mass is 320 g/mol. The van der Waals surface area contributed by atoms with E-state index in [4.69, 9.17) is 5.73 Å². The van der Waals surface area contributed by atoms with Crippen molar-refractivity contribution in [2.75, 3.05) is 11.9 Å². The Morgan fingerprint density at radius 1 is 1.29 bits per heavy atom. The molecule has 1 amide bonds. The lowest BCUT2D eigenvalue weighted by Gasteiger charge is -2.19. The SMILES string of the molecule is CC(C)C(CN)C(=O)Nc1ccccc1S(=O)(=O)C(F)F. The number of sulfone groups is 1. The van der Waals surface area contributed by atoms with E-state index in [1.807, 2.05) is 0 Å². The molecule has 1 aromatic rings. The third kappa shape index (κ3) is 3.98. The van der Waals surface area contributed by atoms with Crippen LogP contribution in [0.3, 0.4) is 0 Å². The first-order chi connectivity index (χ1) is 9.71. The van der Waals surface area contributed by atoms with E-state index in [1.165, 1.54) is 18.2 Å². The second kappa shape index (κ2) is 6.95. The average Bonchev–Trinajstić information content (AvgIpc) is 2.39. The predicted octanol–water partition coefficient (Wildman–Crippen LogP) is 1.85. The lowest BCUT2D eigenvalue weighted by molar-refractivity contribution is -0.120. The molecule has 0 aromatic heterocycles. The van der Waals surface area contributed by atoms with Crippen LogP contribution in [0.1, 0.15) is 13.8 Å². The van der Waals surface area contributed by atoms with Gasteiger partial charge in [0, 0.05) is 6.54 Å². The number of anilines is 1. The number of hydrogen-bond donors (Lipinski definition) is 2. The van der Waals surface area contributed by atoms with Crippen LogP contribution >= 0.6 is 0 Å². The van der Waals surface area contributed by atoms with E-state index in [-0.39, 0.29) is 18.2 Å². The molecule has 1 unspecified atom stereocenters. The van der Waals surface area contributed by atoms with E-state index in [1.54, 1.807) is 13.8 Å². The molecule has 3 N–H and O–H groups in total.